The Morgan fingerprint density at radius 3 is 2.48 bits per heavy atom. The molecule has 1 aromatic heterocycles. The number of amides is 1. The molecule has 29 heavy (non-hydrogen) atoms. The van der Waals surface area contributed by atoms with Gasteiger partial charge in [0.05, 0.1) is 17.0 Å². The summed E-state index contributed by atoms with van der Waals surface area (Å²) >= 11 is 0.788. The third-order valence-corrected chi connectivity index (χ3v) is 4.72. The van der Waals surface area contributed by atoms with Gasteiger partial charge in [0.1, 0.15) is 5.82 Å². The van der Waals surface area contributed by atoms with Crippen molar-refractivity contribution in [2.75, 3.05) is 11.1 Å². The minimum Gasteiger partial charge on any atom is -0.325 e. The van der Waals surface area contributed by atoms with Crippen molar-refractivity contribution in [1.82, 2.24) is 9.55 Å². The molecule has 10 heteroatoms. The predicted octanol–water partition coefficient (Wildman–Crippen LogP) is 4.12. The molecular formula is C19H13F4N3O2S. The highest BCUT2D eigenvalue weighted by molar-refractivity contribution is 7.99. The zero-order chi connectivity index (χ0) is 21.0. The molecule has 0 saturated carbocycles. The Kier molecular flexibility index (Phi) is 6.02. The molecule has 0 radical (unpaired) electrons. The molecule has 0 saturated heterocycles. The van der Waals surface area contributed by atoms with Gasteiger partial charge in [-0.1, -0.05) is 23.9 Å². The Morgan fingerprint density at radius 1 is 1.10 bits per heavy atom. The maximum Gasteiger partial charge on any atom is 0.418 e. The van der Waals surface area contributed by atoms with Crippen molar-refractivity contribution in [2.45, 2.75) is 11.2 Å². The highest BCUT2D eigenvalue weighted by atomic mass is 32.2. The molecule has 0 bridgehead atoms. The molecule has 0 spiro atoms. The summed E-state index contributed by atoms with van der Waals surface area (Å²) in [5, 5.41) is 2.18. The summed E-state index contributed by atoms with van der Waals surface area (Å²) in [6, 6.07) is 9.81. The summed E-state index contributed by atoms with van der Waals surface area (Å²) in [4.78, 5) is 28.5. The van der Waals surface area contributed by atoms with E-state index in [-0.39, 0.29) is 16.5 Å². The fourth-order valence-electron chi connectivity index (χ4n) is 2.46. The minimum atomic E-state index is -4.61. The quantitative estimate of drug-likeness (QED) is 0.495. The zero-order valence-corrected chi connectivity index (χ0v) is 15.4. The zero-order valence-electron chi connectivity index (χ0n) is 14.6. The monoisotopic (exact) mass is 423 g/mol. The molecule has 0 aliphatic rings. The molecule has 0 unspecified atom stereocenters. The van der Waals surface area contributed by atoms with E-state index in [0.717, 1.165) is 23.9 Å². The van der Waals surface area contributed by atoms with E-state index in [1.807, 2.05) is 0 Å². The van der Waals surface area contributed by atoms with E-state index in [9.17, 15) is 27.2 Å². The Labute approximate surface area is 166 Å². The number of nitrogens with zero attached hydrogens (tertiary/aromatic N) is 2. The van der Waals surface area contributed by atoms with Gasteiger partial charge in [-0.3, -0.25) is 14.2 Å². The summed E-state index contributed by atoms with van der Waals surface area (Å²) in [7, 11) is 0. The number of thioether (sulfide) groups is 1. The summed E-state index contributed by atoms with van der Waals surface area (Å²) in [5.41, 5.74) is -1.46. The molecule has 150 valence electrons. The normalized spacial score (nSPS) is 11.3. The van der Waals surface area contributed by atoms with Gasteiger partial charge in [-0.25, -0.2) is 9.37 Å². The van der Waals surface area contributed by atoms with Crippen LogP contribution in [-0.2, 0) is 11.0 Å². The number of para-hydroxylation sites is 1. The summed E-state index contributed by atoms with van der Waals surface area (Å²) in [5.74, 6) is -1.49. The third-order valence-electron chi connectivity index (χ3n) is 3.76. The summed E-state index contributed by atoms with van der Waals surface area (Å²) < 4.78 is 53.3. The number of hydrogen-bond donors (Lipinski definition) is 1. The van der Waals surface area contributed by atoms with Crippen LogP contribution in [0, 0.1) is 5.82 Å². The number of hydrogen-bond acceptors (Lipinski definition) is 4. The fraction of sp³-hybridized carbons (Fsp3) is 0.105. The van der Waals surface area contributed by atoms with Crippen LogP contribution in [-0.4, -0.2) is 21.2 Å². The van der Waals surface area contributed by atoms with Crippen LogP contribution in [0.1, 0.15) is 5.56 Å². The molecule has 1 N–H and O–H groups in total. The number of carbonyl (C=O) groups excluding carboxylic acids is 1. The molecule has 1 amide bonds. The lowest BCUT2D eigenvalue weighted by Gasteiger charge is -2.13. The molecule has 3 aromatic rings. The second-order valence-electron chi connectivity index (χ2n) is 5.76. The Morgan fingerprint density at radius 2 is 1.79 bits per heavy atom. The molecule has 0 aliphatic carbocycles. The van der Waals surface area contributed by atoms with E-state index in [2.05, 4.69) is 10.3 Å². The van der Waals surface area contributed by atoms with Crippen molar-refractivity contribution in [2.24, 2.45) is 0 Å². The van der Waals surface area contributed by atoms with Crippen molar-refractivity contribution in [1.29, 1.82) is 0 Å². The van der Waals surface area contributed by atoms with Crippen molar-refractivity contribution in [3.63, 3.8) is 0 Å². The van der Waals surface area contributed by atoms with Crippen LogP contribution >= 0.6 is 11.8 Å². The molecule has 3 rings (SSSR count). The van der Waals surface area contributed by atoms with Gasteiger partial charge < -0.3 is 5.32 Å². The van der Waals surface area contributed by atoms with E-state index in [1.165, 1.54) is 53.4 Å². The van der Waals surface area contributed by atoms with E-state index in [4.69, 9.17) is 0 Å². The number of halogens is 4. The number of aromatic nitrogens is 2. The van der Waals surface area contributed by atoms with Gasteiger partial charge in [-0.2, -0.15) is 13.2 Å². The van der Waals surface area contributed by atoms with Gasteiger partial charge in [0.2, 0.25) is 5.91 Å². The largest absolute Gasteiger partial charge is 0.418 e. The molecule has 0 aliphatic heterocycles. The first-order valence-electron chi connectivity index (χ1n) is 8.18. The molecule has 0 fully saturated rings. The van der Waals surface area contributed by atoms with Crippen molar-refractivity contribution < 1.29 is 22.4 Å². The van der Waals surface area contributed by atoms with Crippen molar-refractivity contribution >= 4 is 23.4 Å². The highest BCUT2D eigenvalue weighted by Gasteiger charge is 2.33. The van der Waals surface area contributed by atoms with Crippen LogP contribution in [0.2, 0.25) is 0 Å². The smallest absolute Gasteiger partial charge is 0.325 e. The number of rotatable bonds is 5. The van der Waals surface area contributed by atoms with Gasteiger partial charge in [0.15, 0.2) is 5.03 Å². The number of benzene rings is 2. The minimum absolute atomic E-state index is 0.0175. The van der Waals surface area contributed by atoms with Gasteiger partial charge in [0, 0.05) is 18.1 Å². The maximum atomic E-state index is 13.1. The number of nitrogens with one attached hydrogen (secondary N) is 1. The maximum absolute atomic E-state index is 13.1. The number of carbonyl (C=O) groups is 1. The number of alkyl halides is 3. The SMILES string of the molecule is O=C(CSc1nccn(-c2ccc(F)cc2)c1=O)Nc1ccccc1C(F)(F)F. The first-order chi connectivity index (χ1) is 13.8. The predicted molar refractivity (Wildman–Crippen MR) is 101 cm³/mol. The molecule has 0 atom stereocenters. The van der Waals surface area contributed by atoms with Gasteiger partial charge in [-0.15, -0.1) is 0 Å². The molecular weight excluding hydrogens is 410 g/mol. The Hall–Kier alpha value is -3.14. The Bertz CT molecular complexity index is 1080. The van der Waals surface area contributed by atoms with Crippen LogP contribution in [0.5, 0.6) is 0 Å². The first-order valence-corrected chi connectivity index (χ1v) is 9.17. The molecule has 5 nitrogen and oxygen atoms in total. The number of anilines is 1. The molecule has 1 heterocycles. The van der Waals surface area contributed by atoms with Crippen LogP contribution in [0.4, 0.5) is 23.2 Å². The summed E-state index contributed by atoms with van der Waals surface area (Å²) in [6.07, 6.45) is -1.88. The molecule has 2 aromatic carbocycles. The van der Waals surface area contributed by atoms with Crippen LogP contribution < -0.4 is 10.9 Å². The first kappa shape index (κ1) is 20.6. The average molecular weight is 423 g/mol. The van der Waals surface area contributed by atoms with Crippen LogP contribution in [0.15, 0.2) is 70.7 Å². The lowest BCUT2D eigenvalue weighted by Crippen LogP contribution is -2.22. The average Bonchev–Trinajstić information content (AvgIpc) is 2.68. The Balaban J connectivity index is 1.73. The van der Waals surface area contributed by atoms with Crippen molar-refractivity contribution in [3.8, 4) is 5.69 Å². The van der Waals surface area contributed by atoms with E-state index < -0.39 is 29.0 Å². The van der Waals surface area contributed by atoms with Crippen LogP contribution in [0.25, 0.3) is 5.69 Å². The highest BCUT2D eigenvalue weighted by Crippen LogP contribution is 2.34. The van der Waals surface area contributed by atoms with E-state index in [1.54, 1.807) is 0 Å². The van der Waals surface area contributed by atoms with Gasteiger partial charge >= 0.3 is 6.18 Å². The van der Waals surface area contributed by atoms with Crippen molar-refractivity contribution in [3.05, 3.63) is 82.7 Å². The standard InChI is InChI=1S/C19H13F4N3O2S/c20-12-5-7-13(8-6-12)26-10-9-24-17(18(26)28)29-11-16(27)25-15-4-2-1-3-14(15)19(21,22)23/h1-10H,11H2,(H,25,27). The summed E-state index contributed by atoms with van der Waals surface area (Å²) in [6.45, 7) is 0. The topological polar surface area (TPSA) is 64.0 Å². The van der Waals surface area contributed by atoms with E-state index >= 15 is 0 Å². The second kappa shape index (κ2) is 8.48. The van der Waals surface area contributed by atoms with E-state index in [0.29, 0.717) is 5.69 Å². The second-order valence-corrected chi connectivity index (χ2v) is 6.73. The van der Waals surface area contributed by atoms with Gasteiger partial charge in [-0.05, 0) is 36.4 Å². The van der Waals surface area contributed by atoms with Crippen LogP contribution in [0.3, 0.4) is 0 Å². The van der Waals surface area contributed by atoms with Gasteiger partial charge in [0.25, 0.3) is 5.56 Å². The third kappa shape index (κ3) is 5.02. The fourth-order valence-corrected chi connectivity index (χ4v) is 3.15. The lowest BCUT2D eigenvalue weighted by molar-refractivity contribution is -0.137. The lowest BCUT2D eigenvalue weighted by atomic mass is 10.1.